The predicted molar refractivity (Wildman–Crippen MR) is 63.4 cm³/mol. The van der Waals surface area contributed by atoms with Gasteiger partial charge in [-0.2, -0.15) is 4.98 Å². The zero-order valence-electron chi connectivity index (χ0n) is 9.82. The van der Waals surface area contributed by atoms with Crippen LogP contribution in [-0.4, -0.2) is 36.0 Å². The number of amides is 1. The highest BCUT2D eigenvalue weighted by Gasteiger charge is 2.10. The molecule has 16 heavy (non-hydrogen) atoms. The lowest BCUT2D eigenvalue weighted by atomic mass is 10.3. The summed E-state index contributed by atoms with van der Waals surface area (Å²) in [7, 11) is 1.75. The summed E-state index contributed by atoms with van der Waals surface area (Å²) >= 11 is 0. The Hall–Kier alpha value is -1.85. The number of nitrogens with zero attached hydrogens (tertiary/aromatic N) is 3. The molecule has 0 aliphatic carbocycles. The predicted octanol–water partition coefficient (Wildman–Crippen LogP) is 0.138. The molecule has 0 aromatic carbocycles. The van der Waals surface area contributed by atoms with Gasteiger partial charge in [-0.1, -0.05) is 0 Å². The van der Waals surface area contributed by atoms with Gasteiger partial charge in [0.25, 0.3) is 0 Å². The Bertz CT molecular complexity index is 379. The Balaban J connectivity index is 2.99. The molecule has 1 aromatic heterocycles. The number of likely N-dealkylation sites (N-methyl/N-ethyl adjacent to an activating group) is 1. The third kappa shape index (κ3) is 3.08. The number of carbonyl (C=O) groups excluding carboxylic acids is 1. The summed E-state index contributed by atoms with van der Waals surface area (Å²) < 4.78 is 0. The molecule has 0 aliphatic heterocycles. The highest BCUT2D eigenvalue weighted by Crippen LogP contribution is 2.13. The highest BCUT2D eigenvalue weighted by molar-refractivity contribution is 5.79. The molecular weight excluding hydrogens is 206 g/mol. The summed E-state index contributed by atoms with van der Waals surface area (Å²) in [6.07, 6.45) is 0. The van der Waals surface area contributed by atoms with Gasteiger partial charge in [0, 0.05) is 25.4 Å². The van der Waals surface area contributed by atoms with Crippen molar-refractivity contribution in [3.05, 3.63) is 11.8 Å². The number of anilines is 2. The third-order valence-corrected chi connectivity index (χ3v) is 2.12. The van der Waals surface area contributed by atoms with E-state index in [2.05, 4.69) is 15.3 Å². The normalized spacial score (nSPS) is 9.94. The zero-order chi connectivity index (χ0) is 12.1. The van der Waals surface area contributed by atoms with Crippen molar-refractivity contribution < 1.29 is 4.79 Å². The van der Waals surface area contributed by atoms with E-state index >= 15 is 0 Å². The zero-order valence-corrected chi connectivity index (χ0v) is 9.82. The molecule has 0 spiro atoms. The summed E-state index contributed by atoms with van der Waals surface area (Å²) in [6.45, 7) is 4.65. The van der Waals surface area contributed by atoms with Gasteiger partial charge in [-0.05, 0) is 13.8 Å². The summed E-state index contributed by atoms with van der Waals surface area (Å²) in [6, 6.07) is 1.83. The number of primary amides is 1. The molecule has 0 saturated carbocycles. The number of nitrogens with one attached hydrogen (secondary N) is 1. The van der Waals surface area contributed by atoms with E-state index in [1.165, 1.54) is 0 Å². The second-order valence-corrected chi connectivity index (χ2v) is 3.42. The van der Waals surface area contributed by atoms with Crippen LogP contribution < -0.4 is 16.0 Å². The van der Waals surface area contributed by atoms with E-state index in [-0.39, 0.29) is 12.5 Å². The molecule has 6 nitrogen and oxygen atoms in total. The minimum absolute atomic E-state index is 0.163. The van der Waals surface area contributed by atoms with E-state index in [4.69, 9.17) is 5.73 Å². The molecule has 0 radical (unpaired) electrons. The topological polar surface area (TPSA) is 84.1 Å². The van der Waals surface area contributed by atoms with Gasteiger partial charge in [-0.3, -0.25) is 4.79 Å². The molecular formula is C10H17N5O. The second kappa shape index (κ2) is 5.29. The minimum atomic E-state index is -0.371. The summed E-state index contributed by atoms with van der Waals surface area (Å²) in [5.74, 6) is 0.875. The molecule has 6 heteroatoms. The average molecular weight is 223 g/mol. The Morgan fingerprint density at radius 3 is 2.75 bits per heavy atom. The maximum atomic E-state index is 10.9. The molecule has 0 unspecified atom stereocenters. The smallest absolute Gasteiger partial charge is 0.236 e. The standard InChI is InChI=1S/C10H17N5O/c1-4-15(6-8(11)16)9-5-7(2)13-10(12-3)14-9/h5H,4,6H2,1-3H3,(H2,11,16)(H,12,13,14). The van der Waals surface area contributed by atoms with Crippen molar-refractivity contribution in [2.24, 2.45) is 5.73 Å². The molecule has 0 atom stereocenters. The van der Waals surface area contributed by atoms with E-state index in [9.17, 15) is 4.79 Å². The molecule has 1 rings (SSSR count). The van der Waals surface area contributed by atoms with Crippen LogP contribution in [0.1, 0.15) is 12.6 Å². The van der Waals surface area contributed by atoms with Crippen LogP contribution in [-0.2, 0) is 4.79 Å². The number of aryl methyl sites for hydroxylation is 1. The van der Waals surface area contributed by atoms with E-state index in [0.29, 0.717) is 18.3 Å². The number of rotatable bonds is 5. The molecule has 1 amide bonds. The van der Waals surface area contributed by atoms with Gasteiger partial charge in [0.2, 0.25) is 11.9 Å². The van der Waals surface area contributed by atoms with Crippen LogP contribution in [0.25, 0.3) is 0 Å². The first-order valence-electron chi connectivity index (χ1n) is 5.13. The molecule has 88 valence electrons. The van der Waals surface area contributed by atoms with Crippen molar-refractivity contribution in [1.29, 1.82) is 0 Å². The number of hydrogen-bond donors (Lipinski definition) is 2. The average Bonchev–Trinajstić information content (AvgIpc) is 2.24. The highest BCUT2D eigenvalue weighted by atomic mass is 16.1. The van der Waals surface area contributed by atoms with Crippen molar-refractivity contribution >= 4 is 17.7 Å². The summed E-state index contributed by atoms with van der Waals surface area (Å²) in [5.41, 5.74) is 6.02. The lowest BCUT2D eigenvalue weighted by Crippen LogP contribution is -2.34. The van der Waals surface area contributed by atoms with E-state index < -0.39 is 0 Å². The lowest BCUT2D eigenvalue weighted by molar-refractivity contribution is -0.116. The third-order valence-electron chi connectivity index (χ3n) is 2.12. The molecule has 1 aromatic rings. The molecule has 0 bridgehead atoms. The first-order chi connectivity index (χ1) is 7.56. The van der Waals surface area contributed by atoms with E-state index in [1.54, 1.807) is 11.9 Å². The van der Waals surface area contributed by atoms with Crippen LogP contribution in [0.15, 0.2) is 6.07 Å². The monoisotopic (exact) mass is 223 g/mol. The van der Waals surface area contributed by atoms with Gasteiger partial charge in [0.05, 0.1) is 6.54 Å². The van der Waals surface area contributed by atoms with Gasteiger partial charge in [0.1, 0.15) is 5.82 Å². The van der Waals surface area contributed by atoms with Crippen LogP contribution in [0, 0.1) is 6.92 Å². The molecule has 0 fully saturated rings. The Labute approximate surface area is 94.9 Å². The fourth-order valence-corrected chi connectivity index (χ4v) is 1.37. The van der Waals surface area contributed by atoms with Crippen LogP contribution in [0.2, 0.25) is 0 Å². The van der Waals surface area contributed by atoms with Crippen molar-refractivity contribution in [3.8, 4) is 0 Å². The molecule has 3 N–H and O–H groups in total. The molecule has 0 saturated heterocycles. The largest absolute Gasteiger partial charge is 0.368 e. The minimum Gasteiger partial charge on any atom is -0.368 e. The van der Waals surface area contributed by atoms with Gasteiger partial charge >= 0.3 is 0 Å². The van der Waals surface area contributed by atoms with Crippen molar-refractivity contribution in [1.82, 2.24) is 9.97 Å². The van der Waals surface area contributed by atoms with Gasteiger partial charge < -0.3 is 16.0 Å². The molecule has 0 aliphatic rings. The van der Waals surface area contributed by atoms with Crippen molar-refractivity contribution in [3.63, 3.8) is 0 Å². The maximum Gasteiger partial charge on any atom is 0.236 e. The number of nitrogens with two attached hydrogens (primary N) is 1. The van der Waals surface area contributed by atoms with Crippen molar-refractivity contribution in [2.45, 2.75) is 13.8 Å². The van der Waals surface area contributed by atoms with E-state index in [0.717, 1.165) is 5.69 Å². The lowest BCUT2D eigenvalue weighted by Gasteiger charge is -2.20. The maximum absolute atomic E-state index is 10.9. The SMILES string of the molecule is CCN(CC(N)=O)c1cc(C)nc(NC)n1. The molecule has 1 heterocycles. The van der Waals surface area contributed by atoms with Crippen molar-refractivity contribution in [2.75, 3.05) is 30.4 Å². The number of aromatic nitrogens is 2. The Morgan fingerprint density at radius 2 is 2.25 bits per heavy atom. The first kappa shape index (κ1) is 12.2. The number of hydrogen-bond acceptors (Lipinski definition) is 5. The van der Waals surface area contributed by atoms with E-state index in [1.807, 2.05) is 19.9 Å². The Morgan fingerprint density at radius 1 is 1.56 bits per heavy atom. The number of carbonyl (C=O) groups is 1. The van der Waals surface area contributed by atoms with Gasteiger partial charge in [-0.15, -0.1) is 0 Å². The summed E-state index contributed by atoms with van der Waals surface area (Å²) in [4.78, 5) is 21.2. The van der Waals surface area contributed by atoms with Gasteiger partial charge in [0.15, 0.2) is 0 Å². The second-order valence-electron chi connectivity index (χ2n) is 3.42. The van der Waals surface area contributed by atoms with Gasteiger partial charge in [-0.25, -0.2) is 4.98 Å². The first-order valence-corrected chi connectivity index (χ1v) is 5.13. The summed E-state index contributed by atoms with van der Waals surface area (Å²) in [5, 5.41) is 2.88. The van der Waals surface area contributed by atoms with Crippen LogP contribution in [0.5, 0.6) is 0 Å². The fourth-order valence-electron chi connectivity index (χ4n) is 1.37. The fraction of sp³-hybridized carbons (Fsp3) is 0.500. The quantitative estimate of drug-likeness (QED) is 0.741. The van der Waals surface area contributed by atoms with Crippen LogP contribution in [0.3, 0.4) is 0 Å². The Kier molecular flexibility index (Phi) is 4.04. The van der Waals surface area contributed by atoms with Crippen LogP contribution >= 0.6 is 0 Å². The van der Waals surface area contributed by atoms with Crippen LogP contribution in [0.4, 0.5) is 11.8 Å².